The number of nitrogens with two attached hydrogens (primary N) is 1. The van der Waals surface area contributed by atoms with Crippen molar-refractivity contribution in [2.24, 2.45) is 11.7 Å². The Morgan fingerprint density at radius 1 is 1.39 bits per heavy atom. The molecule has 1 fully saturated rings. The van der Waals surface area contributed by atoms with Crippen LogP contribution in [0.15, 0.2) is 29.6 Å². The predicted molar refractivity (Wildman–Crippen MR) is 94.6 cm³/mol. The summed E-state index contributed by atoms with van der Waals surface area (Å²) in [7, 11) is 0. The third-order valence-corrected chi connectivity index (χ3v) is 5.56. The van der Waals surface area contributed by atoms with E-state index < -0.39 is 0 Å². The molecule has 0 radical (unpaired) electrons. The average molecular weight is 350 g/mol. The Morgan fingerprint density at radius 3 is 3.00 bits per heavy atom. The smallest absolute Gasteiger partial charge is 0.226 e. The van der Waals surface area contributed by atoms with E-state index in [1.807, 2.05) is 29.6 Å². The Bertz CT molecular complexity index is 688. The maximum atomic E-state index is 12.2. The van der Waals surface area contributed by atoms with Crippen LogP contribution in [-0.2, 0) is 11.2 Å². The van der Waals surface area contributed by atoms with Gasteiger partial charge in [-0.3, -0.25) is 4.79 Å². The van der Waals surface area contributed by atoms with Crippen molar-refractivity contribution >= 4 is 28.8 Å². The first kappa shape index (κ1) is 16.4. The minimum absolute atomic E-state index is 0.0198. The molecule has 2 aromatic rings. The maximum Gasteiger partial charge on any atom is 0.226 e. The van der Waals surface area contributed by atoms with E-state index in [-0.39, 0.29) is 11.9 Å². The normalized spacial score (nSPS) is 20.6. The fraction of sp³-hybridized carbons (Fsp3) is 0.412. The highest BCUT2D eigenvalue weighted by atomic mass is 35.5. The summed E-state index contributed by atoms with van der Waals surface area (Å²) in [6.45, 7) is 0.637. The van der Waals surface area contributed by atoms with Crippen molar-refractivity contribution in [2.75, 3.05) is 6.54 Å². The molecule has 1 heterocycles. The summed E-state index contributed by atoms with van der Waals surface area (Å²) in [5, 5.41) is 6.55. The summed E-state index contributed by atoms with van der Waals surface area (Å²) < 4.78 is 0. The monoisotopic (exact) mass is 349 g/mol. The van der Waals surface area contributed by atoms with Crippen LogP contribution in [0.3, 0.4) is 0 Å². The average Bonchev–Trinajstić information content (AvgIpc) is 3.17. The number of nitrogens with zero attached hydrogens (tertiary/aromatic N) is 1. The van der Waals surface area contributed by atoms with E-state index in [0.717, 1.165) is 35.5 Å². The van der Waals surface area contributed by atoms with Crippen LogP contribution in [-0.4, -0.2) is 23.5 Å². The first-order valence-electron chi connectivity index (χ1n) is 7.86. The number of rotatable bonds is 5. The van der Waals surface area contributed by atoms with Crippen molar-refractivity contribution in [3.8, 4) is 10.6 Å². The molecule has 122 valence electrons. The lowest BCUT2D eigenvalue weighted by atomic mass is 10.0. The van der Waals surface area contributed by atoms with Gasteiger partial charge in [-0.05, 0) is 31.4 Å². The van der Waals surface area contributed by atoms with E-state index in [0.29, 0.717) is 23.9 Å². The van der Waals surface area contributed by atoms with Gasteiger partial charge in [0.2, 0.25) is 5.91 Å². The van der Waals surface area contributed by atoms with Crippen LogP contribution >= 0.6 is 22.9 Å². The third kappa shape index (κ3) is 3.91. The van der Waals surface area contributed by atoms with Gasteiger partial charge in [-0.15, -0.1) is 11.3 Å². The van der Waals surface area contributed by atoms with E-state index in [1.165, 1.54) is 11.3 Å². The number of hydrogen-bond donors (Lipinski definition) is 2. The fourth-order valence-electron chi connectivity index (χ4n) is 3.08. The number of nitrogens with one attached hydrogen (secondary N) is 1. The lowest BCUT2D eigenvalue weighted by molar-refractivity contribution is -0.121. The number of halogens is 1. The summed E-state index contributed by atoms with van der Waals surface area (Å²) in [4.78, 5) is 16.8. The van der Waals surface area contributed by atoms with Crippen molar-refractivity contribution < 1.29 is 4.79 Å². The highest BCUT2D eigenvalue weighted by Gasteiger charge is 2.27. The molecule has 0 bridgehead atoms. The van der Waals surface area contributed by atoms with Crippen LogP contribution in [0.25, 0.3) is 10.6 Å². The molecular formula is C17H20ClN3OS. The quantitative estimate of drug-likeness (QED) is 0.870. The topological polar surface area (TPSA) is 68.0 Å². The number of aromatic nitrogens is 1. The molecule has 1 aliphatic rings. The number of carbonyl (C=O) groups excluding carboxylic acids is 1. The summed E-state index contributed by atoms with van der Waals surface area (Å²) in [6, 6.07) is 7.83. The molecule has 4 nitrogen and oxygen atoms in total. The van der Waals surface area contributed by atoms with Crippen molar-refractivity contribution in [1.29, 1.82) is 0 Å². The standard InChI is InChI=1S/C17H20ClN3OS/c18-14-6-2-1-5-13(14)17-20-12(10-23-17)8-16(22)21-15-7-3-4-11(15)9-19/h1-2,5-6,10-11,15H,3-4,7-9,19H2,(H,21,22). The van der Waals surface area contributed by atoms with Gasteiger partial charge in [0.15, 0.2) is 0 Å². The molecular weight excluding hydrogens is 330 g/mol. The molecule has 1 aromatic heterocycles. The minimum atomic E-state index is 0.0198. The van der Waals surface area contributed by atoms with Crippen LogP contribution in [0.2, 0.25) is 5.02 Å². The minimum Gasteiger partial charge on any atom is -0.353 e. The van der Waals surface area contributed by atoms with Crippen LogP contribution < -0.4 is 11.1 Å². The van der Waals surface area contributed by atoms with Crippen LogP contribution in [0.5, 0.6) is 0 Å². The number of thiazole rings is 1. The molecule has 3 N–H and O–H groups in total. The summed E-state index contributed by atoms with van der Waals surface area (Å²) in [6.07, 6.45) is 3.57. The van der Waals surface area contributed by atoms with Gasteiger partial charge in [0.25, 0.3) is 0 Å². The number of hydrogen-bond acceptors (Lipinski definition) is 4. The predicted octanol–water partition coefficient (Wildman–Crippen LogP) is 3.25. The molecule has 1 saturated carbocycles. The third-order valence-electron chi connectivity index (χ3n) is 4.31. The van der Waals surface area contributed by atoms with Gasteiger partial charge in [-0.25, -0.2) is 4.98 Å². The lowest BCUT2D eigenvalue weighted by Crippen LogP contribution is -2.40. The number of carbonyl (C=O) groups is 1. The lowest BCUT2D eigenvalue weighted by Gasteiger charge is -2.19. The van der Waals surface area contributed by atoms with E-state index >= 15 is 0 Å². The van der Waals surface area contributed by atoms with E-state index in [1.54, 1.807) is 0 Å². The maximum absolute atomic E-state index is 12.2. The Balaban J connectivity index is 1.63. The van der Waals surface area contributed by atoms with Crippen LogP contribution in [0.4, 0.5) is 0 Å². The molecule has 1 amide bonds. The zero-order valence-electron chi connectivity index (χ0n) is 12.8. The SMILES string of the molecule is NCC1CCCC1NC(=O)Cc1csc(-c2ccccc2Cl)n1. The van der Waals surface area contributed by atoms with Gasteiger partial charge < -0.3 is 11.1 Å². The second-order valence-electron chi connectivity index (χ2n) is 5.90. The first-order chi connectivity index (χ1) is 11.2. The Hall–Kier alpha value is -1.43. The second-order valence-corrected chi connectivity index (χ2v) is 7.17. The van der Waals surface area contributed by atoms with Crippen LogP contribution in [0, 0.1) is 5.92 Å². The van der Waals surface area contributed by atoms with Gasteiger partial charge >= 0.3 is 0 Å². The van der Waals surface area contributed by atoms with E-state index in [4.69, 9.17) is 17.3 Å². The Labute approximate surface area is 145 Å². The highest BCUT2D eigenvalue weighted by molar-refractivity contribution is 7.13. The molecule has 23 heavy (non-hydrogen) atoms. The summed E-state index contributed by atoms with van der Waals surface area (Å²) >= 11 is 7.71. The van der Waals surface area contributed by atoms with Gasteiger partial charge in [0.1, 0.15) is 5.01 Å². The Morgan fingerprint density at radius 2 is 2.22 bits per heavy atom. The second kappa shape index (κ2) is 7.43. The molecule has 0 spiro atoms. The zero-order valence-corrected chi connectivity index (χ0v) is 14.4. The molecule has 2 atom stereocenters. The van der Waals surface area contributed by atoms with Gasteiger partial charge in [-0.1, -0.05) is 36.2 Å². The molecule has 0 saturated heterocycles. The Kier molecular flexibility index (Phi) is 5.30. The van der Waals surface area contributed by atoms with Gasteiger partial charge in [-0.2, -0.15) is 0 Å². The van der Waals surface area contributed by atoms with E-state index in [2.05, 4.69) is 10.3 Å². The zero-order chi connectivity index (χ0) is 16.2. The van der Waals surface area contributed by atoms with Gasteiger partial charge in [0.05, 0.1) is 17.1 Å². The van der Waals surface area contributed by atoms with Gasteiger partial charge in [0, 0.05) is 17.0 Å². The number of amides is 1. The highest BCUT2D eigenvalue weighted by Crippen LogP contribution is 2.30. The molecule has 6 heteroatoms. The number of benzene rings is 1. The van der Waals surface area contributed by atoms with Crippen molar-refractivity contribution in [2.45, 2.75) is 31.7 Å². The molecule has 1 aliphatic carbocycles. The summed E-state index contributed by atoms with van der Waals surface area (Å²) in [5.41, 5.74) is 7.45. The van der Waals surface area contributed by atoms with Crippen molar-refractivity contribution in [3.63, 3.8) is 0 Å². The summed E-state index contributed by atoms with van der Waals surface area (Å²) in [5.74, 6) is 0.430. The van der Waals surface area contributed by atoms with Crippen LogP contribution in [0.1, 0.15) is 25.0 Å². The molecule has 0 aliphatic heterocycles. The van der Waals surface area contributed by atoms with Crippen molar-refractivity contribution in [3.05, 3.63) is 40.4 Å². The first-order valence-corrected chi connectivity index (χ1v) is 9.12. The van der Waals surface area contributed by atoms with E-state index in [9.17, 15) is 4.79 Å². The largest absolute Gasteiger partial charge is 0.353 e. The molecule has 1 aromatic carbocycles. The fourth-order valence-corrected chi connectivity index (χ4v) is 4.22. The van der Waals surface area contributed by atoms with Crippen molar-refractivity contribution in [1.82, 2.24) is 10.3 Å². The molecule has 2 unspecified atom stereocenters. The molecule has 3 rings (SSSR count).